The van der Waals surface area contributed by atoms with Gasteiger partial charge < -0.3 is 4.98 Å². The van der Waals surface area contributed by atoms with Crippen molar-refractivity contribution < 1.29 is 5.21 Å². The summed E-state index contributed by atoms with van der Waals surface area (Å²) in [6.45, 7) is 3.84. The standard InChI is InChI=1S/C8H13N3O/c1-4-5-7-6(2)9-8(10-7)11(3)12/h4-5,12H,1-3H3,(H,9,10)/b5-4-. The number of anilines is 1. The van der Waals surface area contributed by atoms with Crippen LogP contribution in [0.25, 0.3) is 6.08 Å². The summed E-state index contributed by atoms with van der Waals surface area (Å²) >= 11 is 0. The monoisotopic (exact) mass is 167 g/mol. The molecule has 0 bridgehead atoms. The van der Waals surface area contributed by atoms with Crippen molar-refractivity contribution in [3.05, 3.63) is 17.5 Å². The van der Waals surface area contributed by atoms with Crippen LogP contribution >= 0.6 is 0 Å². The Balaban J connectivity index is 3.00. The zero-order valence-electron chi connectivity index (χ0n) is 7.50. The molecule has 0 aromatic carbocycles. The van der Waals surface area contributed by atoms with Gasteiger partial charge in [0.15, 0.2) is 0 Å². The van der Waals surface area contributed by atoms with Crippen molar-refractivity contribution in [2.75, 3.05) is 12.1 Å². The molecule has 2 N–H and O–H groups in total. The molecule has 0 amide bonds. The van der Waals surface area contributed by atoms with Gasteiger partial charge in [0.2, 0.25) is 5.95 Å². The SMILES string of the molecule is C/C=C\c1nc(N(C)O)[nH]c1C. The Hall–Kier alpha value is -1.29. The molecule has 0 aliphatic rings. The van der Waals surface area contributed by atoms with E-state index in [9.17, 15) is 0 Å². The fourth-order valence-electron chi connectivity index (χ4n) is 0.931. The molecule has 4 heteroatoms. The highest BCUT2D eigenvalue weighted by molar-refractivity contribution is 5.50. The van der Waals surface area contributed by atoms with E-state index in [0.29, 0.717) is 5.95 Å². The van der Waals surface area contributed by atoms with Crippen LogP contribution in [0.2, 0.25) is 0 Å². The molecule has 12 heavy (non-hydrogen) atoms. The summed E-state index contributed by atoms with van der Waals surface area (Å²) < 4.78 is 0. The molecule has 0 unspecified atom stereocenters. The van der Waals surface area contributed by atoms with Gasteiger partial charge in [0.05, 0.1) is 5.69 Å². The Morgan fingerprint density at radius 3 is 2.67 bits per heavy atom. The number of nitrogens with one attached hydrogen (secondary N) is 1. The third-order valence-corrected chi connectivity index (χ3v) is 1.54. The van der Waals surface area contributed by atoms with Gasteiger partial charge in [-0.05, 0) is 19.9 Å². The van der Waals surface area contributed by atoms with Crippen molar-refractivity contribution in [1.29, 1.82) is 0 Å². The van der Waals surface area contributed by atoms with Gasteiger partial charge in [0.25, 0.3) is 0 Å². The van der Waals surface area contributed by atoms with Crippen molar-refractivity contribution in [2.45, 2.75) is 13.8 Å². The number of rotatable bonds is 2. The number of aromatic amines is 1. The van der Waals surface area contributed by atoms with Crippen LogP contribution in [0.1, 0.15) is 18.3 Å². The number of hydroxylamine groups is 1. The average Bonchev–Trinajstić information content (AvgIpc) is 2.34. The number of imidazole rings is 1. The van der Waals surface area contributed by atoms with E-state index >= 15 is 0 Å². The van der Waals surface area contributed by atoms with Crippen LogP contribution < -0.4 is 5.06 Å². The Bertz CT molecular complexity index is 288. The fourth-order valence-corrected chi connectivity index (χ4v) is 0.931. The third kappa shape index (κ3) is 1.65. The first kappa shape index (κ1) is 8.80. The van der Waals surface area contributed by atoms with E-state index in [1.54, 1.807) is 0 Å². The van der Waals surface area contributed by atoms with E-state index in [-0.39, 0.29) is 0 Å². The normalized spacial score (nSPS) is 11.0. The van der Waals surface area contributed by atoms with E-state index in [4.69, 9.17) is 5.21 Å². The molecule has 1 heterocycles. The lowest BCUT2D eigenvalue weighted by Gasteiger charge is -2.03. The van der Waals surface area contributed by atoms with Gasteiger partial charge in [0.1, 0.15) is 0 Å². The van der Waals surface area contributed by atoms with Gasteiger partial charge in [-0.15, -0.1) is 0 Å². The summed E-state index contributed by atoms with van der Waals surface area (Å²) in [5.74, 6) is 0.459. The van der Waals surface area contributed by atoms with E-state index in [2.05, 4.69) is 9.97 Å². The first-order chi connectivity index (χ1) is 5.65. The van der Waals surface area contributed by atoms with Crippen LogP contribution in [0, 0.1) is 6.92 Å². The van der Waals surface area contributed by atoms with Gasteiger partial charge in [-0.3, -0.25) is 5.21 Å². The molecule has 0 atom stereocenters. The minimum atomic E-state index is 0.459. The largest absolute Gasteiger partial charge is 0.326 e. The van der Waals surface area contributed by atoms with Crippen LogP contribution in [0.4, 0.5) is 5.95 Å². The molecule has 66 valence electrons. The average molecular weight is 167 g/mol. The summed E-state index contributed by atoms with van der Waals surface area (Å²) in [6.07, 6.45) is 3.79. The highest BCUT2D eigenvalue weighted by atomic mass is 16.5. The van der Waals surface area contributed by atoms with Crippen molar-refractivity contribution in [2.24, 2.45) is 0 Å². The Kier molecular flexibility index (Phi) is 2.50. The van der Waals surface area contributed by atoms with Gasteiger partial charge >= 0.3 is 0 Å². The molecule has 0 spiro atoms. The molecule has 0 fully saturated rings. The summed E-state index contributed by atoms with van der Waals surface area (Å²) in [5.41, 5.74) is 1.80. The van der Waals surface area contributed by atoms with Crippen LogP contribution in [0.5, 0.6) is 0 Å². The molecule has 1 rings (SSSR count). The Morgan fingerprint density at radius 1 is 1.58 bits per heavy atom. The Labute approximate surface area is 71.5 Å². The van der Waals surface area contributed by atoms with Crippen molar-refractivity contribution in [3.63, 3.8) is 0 Å². The maximum atomic E-state index is 9.05. The predicted octanol–water partition coefficient (Wildman–Crippen LogP) is 1.58. The summed E-state index contributed by atoms with van der Waals surface area (Å²) in [5, 5.41) is 10.0. The molecule has 4 nitrogen and oxygen atoms in total. The number of hydrogen-bond acceptors (Lipinski definition) is 3. The van der Waals surface area contributed by atoms with Gasteiger partial charge in [-0.25, -0.2) is 10.0 Å². The van der Waals surface area contributed by atoms with E-state index in [1.165, 1.54) is 7.05 Å². The number of nitrogens with zero attached hydrogens (tertiary/aromatic N) is 2. The lowest BCUT2D eigenvalue weighted by atomic mass is 10.3. The zero-order chi connectivity index (χ0) is 9.14. The smallest absolute Gasteiger partial charge is 0.227 e. The van der Waals surface area contributed by atoms with Gasteiger partial charge in [-0.2, -0.15) is 0 Å². The molecule has 1 aromatic rings. The third-order valence-electron chi connectivity index (χ3n) is 1.54. The fraction of sp³-hybridized carbons (Fsp3) is 0.375. The molecular weight excluding hydrogens is 154 g/mol. The number of allylic oxidation sites excluding steroid dienone is 1. The van der Waals surface area contributed by atoms with E-state index in [0.717, 1.165) is 16.5 Å². The zero-order valence-corrected chi connectivity index (χ0v) is 7.50. The lowest BCUT2D eigenvalue weighted by molar-refractivity contribution is 0.273. The quantitative estimate of drug-likeness (QED) is 0.657. The minimum Gasteiger partial charge on any atom is -0.326 e. The molecule has 0 aliphatic heterocycles. The first-order valence-electron chi connectivity index (χ1n) is 3.77. The molecule has 1 aromatic heterocycles. The summed E-state index contributed by atoms with van der Waals surface area (Å²) in [7, 11) is 1.53. The van der Waals surface area contributed by atoms with E-state index < -0.39 is 0 Å². The van der Waals surface area contributed by atoms with Gasteiger partial charge in [-0.1, -0.05) is 6.08 Å². The second-order valence-corrected chi connectivity index (χ2v) is 2.59. The molecule has 0 aliphatic carbocycles. The second kappa shape index (κ2) is 3.40. The van der Waals surface area contributed by atoms with Crippen LogP contribution in [-0.4, -0.2) is 22.2 Å². The minimum absolute atomic E-state index is 0.459. The number of hydrogen-bond donors (Lipinski definition) is 2. The van der Waals surface area contributed by atoms with Crippen molar-refractivity contribution >= 4 is 12.0 Å². The maximum absolute atomic E-state index is 9.05. The Morgan fingerprint density at radius 2 is 2.25 bits per heavy atom. The number of H-pyrrole nitrogens is 1. The van der Waals surface area contributed by atoms with Crippen LogP contribution in [-0.2, 0) is 0 Å². The molecular formula is C8H13N3O. The highest BCUT2D eigenvalue weighted by Crippen LogP contribution is 2.11. The van der Waals surface area contributed by atoms with Gasteiger partial charge in [0, 0.05) is 12.7 Å². The number of aryl methyl sites for hydroxylation is 1. The highest BCUT2D eigenvalue weighted by Gasteiger charge is 2.05. The van der Waals surface area contributed by atoms with Crippen LogP contribution in [0.3, 0.4) is 0 Å². The predicted molar refractivity (Wildman–Crippen MR) is 48.2 cm³/mol. The second-order valence-electron chi connectivity index (χ2n) is 2.59. The summed E-state index contributed by atoms with van der Waals surface area (Å²) in [4.78, 5) is 7.08. The molecule has 0 radical (unpaired) electrons. The lowest BCUT2D eigenvalue weighted by Crippen LogP contribution is -2.11. The maximum Gasteiger partial charge on any atom is 0.227 e. The van der Waals surface area contributed by atoms with Crippen LogP contribution in [0.15, 0.2) is 6.08 Å². The van der Waals surface area contributed by atoms with E-state index in [1.807, 2.05) is 26.0 Å². The topological polar surface area (TPSA) is 52.1 Å². The summed E-state index contributed by atoms with van der Waals surface area (Å²) in [6, 6.07) is 0. The van der Waals surface area contributed by atoms with Crippen molar-refractivity contribution in [1.82, 2.24) is 9.97 Å². The molecule has 0 saturated carbocycles. The first-order valence-corrected chi connectivity index (χ1v) is 3.77. The van der Waals surface area contributed by atoms with Crippen molar-refractivity contribution in [3.8, 4) is 0 Å². The molecule has 0 saturated heterocycles. The number of aromatic nitrogens is 2.